The SMILES string of the molecule is Cc1cc(C)c(C)c(C(C)(C)c2cc(C)cc(C)c2C)c1. The molecule has 0 unspecified atom stereocenters. The van der Waals surface area contributed by atoms with Crippen LogP contribution in [-0.2, 0) is 5.41 Å². The number of hydrogen-bond acceptors (Lipinski definition) is 0. The van der Waals surface area contributed by atoms with Crippen LogP contribution in [0, 0.1) is 41.5 Å². The second-order valence-corrected chi connectivity index (χ2v) is 7.13. The molecular formula is C21H28. The van der Waals surface area contributed by atoms with Crippen LogP contribution in [0.15, 0.2) is 24.3 Å². The zero-order chi connectivity index (χ0) is 15.9. The van der Waals surface area contributed by atoms with Crippen LogP contribution in [0.3, 0.4) is 0 Å². The molecule has 0 atom stereocenters. The van der Waals surface area contributed by atoms with Gasteiger partial charge in [0.25, 0.3) is 0 Å². The predicted molar refractivity (Wildman–Crippen MR) is 93.4 cm³/mol. The second kappa shape index (κ2) is 5.33. The predicted octanol–water partition coefficient (Wildman–Crippen LogP) is 5.86. The molecule has 0 aliphatic carbocycles. The minimum Gasteiger partial charge on any atom is -0.0561 e. The Bertz CT molecular complexity index is 628. The molecule has 0 bridgehead atoms. The van der Waals surface area contributed by atoms with Gasteiger partial charge >= 0.3 is 0 Å². The van der Waals surface area contributed by atoms with Gasteiger partial charge in [-0.3, -0.25) is 0 Å². The van der Waals surface area contributed by atoms with Crippen LogP contribution in [-0.4, -0.2) is 0 Å². The maximum atomic E-state index is 2.36. The summed E-state index contributed by atoms with van der Waals surface area (Å²) < 4.78 is 0. The topological polar surface area (TPSA) is 0 Å². The summed E-state index contributed by atoms with van der Waals surface area (Å²) in [6.45, 7) is 18.0. The summed E-state index contributed by atoms with van der Waals surface area (Å²) in [5.74, 6) is 0. The van der Waals surface area contributed by atoms with Crippen LogP contribution in [0.2, 0.25) is 0 Å². The maximum absolute atomic E-state index is 2.36. The molecule has 0 saturated heterocycles. The van der Waals surface area contributed by atoms with E-state index in [-0.39, 0.29) is 5.41 Å². The summed E-state index contributed by atoms with van der Waals surface area (Å²) in [5, 5.41) is 0. The molecule has 0 aromatic heterocycles. The fourth-order valence-electron chi connectivity index (χ4n) is 3.52. The lowest BCUT2D eigenvalue weighted by Gasteiger charge is -2.31. The van der Waals surface area contributed by atoms with Crippen LogP contribution in [0.5, 0.6) is 0 Å². The summed E-state index contributed by atoms with van der Waals surface area (Å²) in [6, 6.07) is 9.28. The molecule has 0 aliphatic rings. The molecule has 0 aliphatic heterocycles. The second-order valence-electron chi connectivity index (χ2n) is 7.13. The lowest BCUT2D eigenvalue weighted by atomic mass is 9.72. The van der Waals surface area contributed by atoms with Crippen LogP contribution in [0.1, 0.15) is 58.4 Å². The van der Waals surface area contributed by atoms with E-state index >= 15 is 0 Å². The van der Waals surface area contributed by atoms with Crippen LogP contribution in [0.4, 0.5) is 0 Å². The van der Waals surface area contributed by atoms with Gasteiger partial charge in [0.1, 0.15) is 0 Å². The van der Waals surface area contributed by atoms with Crippen molar-refractivity contribution in [2.24, 2.45) is 0 Å². The third-order valence-electron chi connectivity index (χ3n) is 4.97. The van der Waals surface area contributed by atoms with Crippen molar-refractivity contribution in [3.05, 3.63) is 68.8 Å². The Kier molecular flexibility index (Phi) is 4.02. The van der Waals surface area contributed by atoms with Crippen LogP contribution in [0.25, 0.3) is 0 Å². The lowest BCUT2D eigenvalue weighted by Crippen LogP contribution is -2.23. The van der Waals surface area contributed by atoms with Crippen molar-refractivity contribution in [3.63, 3.8) is 0 Å². The Hall–Kier alpha value is -1.56. The average Bonchev–Trinajstić information content (AvgIpc) is 2.37. The molecule has 0 N–H and O–H groups in total. The molecule has 0 spiro atoms. The first-order valence-electron chi connectivity index (χ1n) is 7.81. The maximum Gasteiger partial charge on any atom is 0.0152 e. The van der Waals surface area contributed by atoms with Gasteiger partial charge in [0.2, 0.25) is 0 Å². The standard InChI is InChI=1S/C21H28/c1-13-9-15(3)17(5)19(11-13)21(7,8)20-12-14(2)10-16(4)18(20)6/h9-12H,1-8H3. The molecule has 0 fully saturated rings. The summed E-state index contributed by atoms with van der Waals surface area (Å²) in [5.41, 5.74) is 11.3. The van der Waals surface area contributed by atoms with Gasteiger partial charge < -0.3 is 0 Å². The quantitative estimate of drug-likeness (QED) is 0.646. The molecule has 0 heterocycles. The van der Waals surface area contributed by atoms with Gasteiger partial charge in [-0.05, 0) is 74.9 Å². The van der Waals surface area contributed by atoms with E-state index in [2.05, 4.69) is 79.7 Å². The number of aryl methyl sites for hydroxylation is 4. The van der Waals surface area contributed by atoms with E-state index in [9.17, 15) is 0 Å². The Morgan fingerprint density at radius 3 is 1.24 bits per heavy atom. The van der Waals surface area contributed by atoms with Crippen molar-refractivity contribution in [1.29, 1.82) is 0 Å². The Morgan fingerprint density at radius 1 is 0.571 bits per heavy atom. The van der Waals surface area contributed by atoms with Crippen LogP contribution < -0.4 is 0 Å². The van der Waals surface area contributed by atoms with E-state index in [1.807, 2.05) is 0 Å². The Morgan fingerprint density at radius 2 is 0.905 bits per heavy atom. The van der Waals surface area contributed by atoms with Gasteiger partial charge in [0, 0.05) is 5.41 Å². The van der Waals surface area contributed by atoms with Gasteiger partial charge in [-0.25, -0.2) is 0 Å². The van der Waals surface area contributed by atoms with Gasteiger partial charge in [-0.15, -0.1) is 0 Å². The van der Waals surface area contributed by atoms with E-state index in [1.165, 1.54) is 44.5 Å². The highest BCUT2D eigenvalue weighted by molar-refractivity contribution is 5.51. The molecular weight excluding hydrogens is 252 g/mol. The molecule has 2 rings (SSSR count). The van der Waals surface area contributed by atoms with E-state index in [0.717, 1.165) is 0 Å². The fraction of sp³-hybridized carbons (Fsp3) is 0.429. The molecule has 112 valence electrons. The third kappa shape index (κ3) is 2.77. The monoisotopic (exact) mass is 280 g/mol. The Labute approximate surface area is 130 Å². The van der Waals surface area contributed by atoms with Crippen molar-refractivity contribution in [3.8, 4) is 0 Å². The minimum absolute atomic E-state index is 0.0295. The third-order valence-corrected chi connectivity index (χ3v) is 4.97. The highest BCUT2D eigenvalue weighted by Crippen LogP contribution is 2.38. The molecule has 0 saturated carbocycles. The van der Waals surface area contributed by atoms with Crippen molar-refractivity contribution in [2.45, 2.75) is 60.8 Å². The van der Waals surface area contributed by atoms with E-state index in [0.29, 0.717) is 0 Å². The molecule has 0 nitrogen and oxygen atoms in total. The smallest absolute Gasteiger partial charge is 0.0152 e. The normalized spacial score (nSPS) is 11.8. The molecule has 0 amide bonds. The average molecular weight is 280 g/mol. The molecule has 0 heteroatoms. The highest BCUT2D eigenvalue weighted by Gasteiger charge is 2.28. The lowest BCUT2D eigenvalue weighted by molar-refractivity contribution is 0.628. The first kappa shape index (κ1) is 15.8. The van der Waals surface area contributed by atoms with Crippen molar-refractivity contribution >= 4 is 0 Å². The van der Waals surface area contributed by atoms with E-state index < -0.39 is 0 Å². The molecule has 0 radical (unpaired) electrons. The van der Waals surface area contributed by atoms with Gasteiger partial charge in [0.15, 0.2) is 0 Å². The molecule has 2 aromatic carbocycles. The fourth-order valence-corrected chi connectivity index (χ4v) is 3.52. The van der Waals surface area contributed by atoms with Crippen molar-refractivity contribution in [1.82, 2.24) is 0 Å². The molecule has 21 heavy (non-hydrogen) atoms. The Balaban J connectivity index is 2.73. The zero-order valence-electron chi connectivity index (χ0n) is 14.8. The highest BCUT2D eigenvalue weighted by atomic mass is 14.3. The first-order chi connectivity index (χ1) is 9.64. The molecule has 2 aromatic rings. The summed E-state index contributed by atoms with van der Waals surface area (Å²) in [7, 11) is 0. The number of benzene rings is 2. The van der Waals surface area contributed by atoms with Gasteiger partial charge in [0.05, 0.1) is 0 Å². The van der Waals surface area contributed by atoms with E-state index in [4.69, 9.17) is 0 Å². The van der Waals surface area contributed by atoms with Crippen molar-refractivity contribution in [2.75, 3.05) is 0 Å². The zero-order valence-corrected chi connectivity index (χ0v) is 14.8. The minimum atomic E-state index is 0.0295. The summed E-state index contributed by atoms with van der Waals surface area (Å²) in [6.07, 6.45) is 0. The summed E-state index contributed by atoms with van der Waals surface area (Å²) in [4.78, 5) is 0. The largest absolute Gasteiger partial charge is 0.0561 e. The van der Waals surface area contributed by atoms with E-state index in [1.54, 1.807) is 0 Å². The van der Waals surface area contributed by atoms with Crippen molar-refractivity contribution < 1.29 is 0 Å². The van der Waals surface area contributed by atoms with Crippen LogP contribution >= 0.6 is 0 Å². The first-order valence-corrected chi connectivity index (χ1v) is 7.81. The number of hydrogen-bond donors (Lipinski definition) is 0. The van der Waals surface area contributed by atoms with Gasteiger partial charge in [-0.1, -0.05) is 49.2 Å². The number of rotatable bonds is 2. The van der Waals surface area contributed by atoms with Gasteiger partial charge in [-0.2, -0.15) is 0 Å². The summed E-state index contributed by atoms with van der Waals surface area (Å²) >= 11 is 0.